The number of hydrogen-bond acceptors (Lipinski definition) is 2. The van der Waals surface area contributed by atoms with Crippen molar-refractivity contribution in [3.8, 4) is 5.69 Å². The Morgan fingerprint density at radius 2 is 1.67 bits per heavy atom. The fraction of sp³-hybridized carbons (Fsp3) is 0.222. The molecular weight excluding hydrogens is 258 g/mol. The molecule has 108 valence electrons. The van der Waals surface area contributed by atoms with Crippen molar-refractivity contribution in [1.29, 1.82) is 0 Å². The summed E-state index contributed by atoms with van der Waals surface area (Å²) in [5.74, 6) is 0. The molecule has 21 heavy (non-hydrogen) atoms. The molecule has 0 aliphatic carbocycles. The summed E-state index contributed by atoms with van der Waals surface area (Å²) in [6, 6.07) is 14.2. The lowest BCUT2D eigenvalue weighted by Crippen LogP contribution is -2.00. The van der Waals surface area contributed by atoms with Crippen LogP contribution in [-0.2, 0) is 6.42 Å². The number of nitrogens with zero attached hydrogens (tertiary/aromatic N) is 3. The normalized spacial score (nSPS) is 10.0. The fourth-order valence-electron chi connectivity index (χ4n) is 2.22. The lowest BCUT2D eigenvalue weighted by molar-refractivity contribution is 0.763. The van der Waals surface area contributed by atoms with Crippen molar-refractivity contribution in [3.63, 3.8) is 0 Å². The van der Waals surface area contributed by atoms with Crippen LogP contribution in [-0.4, -0.2) is 15.0 Å². The predicted octanol–water partition coefficient (Wildman–Crippen LogP) is 4.48. The van der Waals surface area contributed by atoms with E-state index in [0.29, 0.717) is 0 Å². The van der Waals surface area contributed by atoms with Crippen LogP contribution in [0, 0.1) is 6.92 Å². The average molecular weight is 279 g/mol. The Bertz CT molecular complexity index is 708. The second-order valence-electron chi connectivity index (χ2n) is 4.65. The summed E-state index contributed by atoms with van der Waals surface area (Å²) in [5, 5.41) is 9.01. The van der Waals surface area contributed by atoms with Gasteiger partial charge in [-0.25, -0.2) is 0 Å². The Morgan fingerprint density at radius 3 is 2.24 bits per heavy atom. The number of aryl methyl sites for hydroxylation is 1. The standard InChI is InChI=1S/C16H15N3.C2H6/c1-3-6-13-9-12(2)10-14(11-13)19-17-15-7-4-5-8-16(15)18-19;1-2/h3-5,7-11H,1,6H2,2H3;1-2H3. The molecule has 0 N–H and O–H groups in total. The summed E-state index contributed by atoms with van der Waals surface area (Å²) in [5.41, 5.74) is 5.25. The first-order valence-electron chi connectivity index (χ1n) is 7.30. The Hall–Kier alpha value is -2.42. The van der Waals surface area contributed by atoms with Gasteiger partial charge in [-0.1, -0.05) is 38.1 Å². The molecule has 3 aromatic rings. The number of fused-ring (bicyclic) bond motifs is 1. The van der Waals surface area contributed by atoms with E-state index in [0.717, 1.165) is 23.1 Å². The quantitative estimate of drug-likeness (QED) is 0.662. The topological polar surface area (TPSA) is 30.7 Å². The fourth-order valence-corrected chi connectivity index (χ4v) is 2.22. The molecule has 3 rings (SSSR count). The average Bonchev–Trinajstić information content (AvgIpc) is 2.93. The molecule has 3 nitrogen and oxygen atoms in total. The Balaban J connectivity index is 0.000000774. The zero-order chi connectivity index (χ0) is 15.2. The smallest absolute Gasteiger partial charge is 0.113 e. The minimum Gasteiger partial charge on any atom is -0.150 e. The van der Waals surface area contributed by atoms with Gasteiger partial charge in [0.05, 0.1) is 5.69 Å². The number of allylic oxidation sites excluding steroid dienone is 1. The molecule has 0 bridgehead atoms. The van der Waals surface area contributed by atoms with Crippen LogP contribution in [0.1, 0.15) is 25.0 Å². The van der Waals surface area contributed by atoms with Gasteiger partial charge in [0, 0.05) is 0 Å². The highest BCUT2D eigenvalue weighted by Crippen LogP contribution is 2.16. The zero-order valence-corrected chi connectivity index (χ0v) is 12.9. The monoisotopic (exact) mass is 279 g/mol. The number of hydrogen-bond donors (Lipinski definition) is 0. The summed E-state index contributed by atoms with van der Waals surface area (Å²) < 4.78 is 0. The molecule has 0 saturated carbocycles. The summed E-state index contributed by atoms with van der Waals surface area (Å²) in [4.78, 5) is 1.70. The van der Waals surface area contributed by atoms with E-state index in [9.17, 15) is 0 Å². The summed E-state index contributed by atoms with van der Waals surface area (Å²) in [6.07, 6.45) is 2.76. The van der Waals surface area contributed by atoms with Crippen LogP contribution in [0.3, 0.4) is 0 Å². The van der Waals surface area contributed by atoms with Gasteiger partial charge in [0.15, 0.2) is 0 Å². The maximum Gasteiger partial charge on any atom is 0.113 e. The summed E-state index contributed by atoms with van der Waals surface area (Å²) >= 11 is 0. The summed E-state index contributed by atoms with van der Waals surface area (Å²) in [7, 11) is 0. The van der Waals surface area contributed by atoms with Crippen LogP contribution in [0.25, 0.3) is 16.7 Å². The van der Waals surface area contributed by atoms with Gasteiger partial charge in [0.25, 0.3) is 0 Å². The first-order chi connectivity index (χ1) is 10.3. The minimum absolute atomic E-state index is 0.857. The predicted molar refractivity (Wildman–Crippen MR) is 88.9 cm³/mol. The molecule has 0 saturated heterocycles. The molecule has 0 atom stereocenters. The third kappa shape index (κ3) is 3.37. The van der Waals surface area contributed by atoms with Crippen molar-refractivity contribution in [1.82, 2.24) is 15.0 Å². The van der Waals surface area contributed by atoms with Crippen LogP contribution < -0.4 is 0 Å². The highest BCUT2D eigenvalue weighted by atomic mass is 15.5. The van der Waals surface area contributed by atoms with E-state index in [4.69, 9.17) is 0 Å². The van der Waals surface area contributed by atoms with Gasteiger partial charge in [-0.3, -0.25) is 0 Å². The number of benzene rings is 2. The molecule has 0 aliphatic rings. The lowest BCUT2D eigenvalue weighted by Gasteiger charge is -2.05. The van der Waals surface area contributed by atoms with Crippen molar-refractivity contribution in [3.05, 3.63) is 66.2 Å². The van der Waals surface area contributed by atoms with Crippen molar-refractivity contribution in [2.75, 3.05) is 0 Å². The van der Waals surface area contributed by atoms with Crippen molar-refractivity contribution in [2.24, 2.45) is 0 Å². The van der Waals surface area contributed by atoms with Gasteiger partial charge in [-0.05, 0) is 48.7 Å². The van der Waals surface area contributed by atoms with E-state index >= 15 is 0 Å². The molecule has 1 aromatic heterocycles. The van der Waals surface area contributed by atoms with E-state index in [-0.39, 0.29) is 0 Å². The van der Waals surface area contributed by atoms with Crippen molar-refractivity contribution in [2.45, 2.75) is 27.2 Å². The van der Waals surface area contributed by atoms with Gasteiger partial charge >= 0.3 is 0 Å². The zero-order valence-electron chi connectivity index (χ0n) is 12.9. The summed E-state index contributed by atoms with van der Waals surface area (Å²) in [6.45, 7) is 9.87. The van der Waals surface area contributed by atoms with Gasteiger partial charge in [0.1, 0.15) is 11.0 Å². The lowest BCUT2D eigenvalue weighted by atomic mass is 10.1. The van der Waals surface area contributed by atoms with Crippen LogP contribution in [0.4, 0.5) is 0 Å². The Morgan fingerprint density at radius 1 is 1.05 bits per heavy atom. The van der Waals surface area contributed by atoms with E-state index in [2.05, 4.69) is 41.9 Å². The van der Waals surface area contributed by atoms with E-state index < -0.39 is 0 Å². The molecule has 2 aromatic carbocycles. The molecular formula is C18H21N3. The number of aromatic nitrogens is 3. The highest BCUT2D eigenvalue weighted by molar-refractivity contribution is 5.73. The van der Waals surface area contributed by atoms with Gasteiger partial charge < -0.3 is 0 Å². The van der Waals surface area contributed by atoms with Gasteiger partial charge in [-0.2, -0.15) is 4.80 Å². The molecule has 0 fully saturated rings. The first-order valence-corrected chi connectivity index (χ1v) is 7.30. The van der Waals surface area contributed by atoms with Crippen LogP contribution in [0.2, 0.25) is 0 Å². The van der Waals surface area contributed by atoms with Crippen LogP contribution >= 0.6 is 0 Å². The third-order valence-corrected chi connectivity index (χ3v) is 3.02. The highest BCUT2D eigenvalue weighted by Gasteiger charge is 2.05. The number of rotatable bonds is 3. The van der Waals surface area contributed by atoms with E-state index in [1.165, 1.54) is 11.1 Å². The molecule has 0 radical (unpaired) electrons. The van der Waals surface area contributed by atoms with Crippen molar-refractivity contribution >= 4 is 11.0 Å². The van der Waals surface area contributed by atoms with Gasteiger partial charge in [0.2, 0.25) is 0 Å². The third-order valence-electron chi connectivity index (χ3n) is 3.02. The molecule has 0 unspecified atom stereocenters. The van der Waals surface area contributed by atoms with E-state index in [1.54, 1.807) is 4.80 Å². The minimum atomic E-state index is 0.857. The second-order valence-corrected chi connectivity index (χ2v) is 4.65. The van der Waals surface area contributed by atoms with Gasteiger partial charge in [-0.15, -0.1) is 16.8 Å². The SMILES string of the molecule is C=CCc1cc(C)cc(-n2nc3ccccc3n2)c1.CC. The molecule has 0 spiro atoms. The molecule has 0 amide bonds. The first kappa shape index (κ1) is 15.0. The Labute approximate surface area is 125 Å². The Kier molecular flexibility index (Phi) is 4.88. The molecule has 1 heterocycles. The van der Waals surface area contributed by atoms with Crippen LogP contribution in [0.5, 0.6) is 0 Å². The molecule has 0 aliphatic heterocycles. The second kappa shape index (κ2) is 6.84. The molecule has 3 heteroatoms. The maximum absolute atomic E-state index is 4.51. The van der Waals surface area contributed by atoms with Crippen LogP contribution in [0.15, 0.2) is 55.1 Å². The van der Waals surface area contributed by atoms with Crippen molar-refractivity contribution < 1.29 is 0 Å². The van der Waals surface area contributed by atoms with E-state index in [1.807, 2.05) is 44.2 Å². The maximum atomic E-state index is 4.51. The largest absolute Gasteiger partial charge is 0.150 e.